The van der Waals surface area contributed by atoms with Crippen LogP contribution in [0.25, 0.3) is 0 Å². The average Bonchev–Trinajstić information content (AvgIpc) is 3.33. The van der Waals surface area contributed by atoms with Gasteiger partial charge in [-0.1, -0.05) is 35.6 Å². The van der Waals surface area contributed by atoms with Crippen LogP contribution in [0.5, 0.6) is 5.75 Å². The van der Waals surface area contributed by atoms with Gasteiger partial charge in [0.1, 0.15) is 10.8 Å². The second-order valence-electron chi connectivity index (χ2n) is 7.35. The monoisotopic (exact) mass is 422 g/mol. The Hall–Kier alpha value is -3.26. The van der Waals surface area contributed by atoms with Gasteiger partial charge in [0.25, 0.3) is 5.91 Å². The van der Waals surface area contributed by atoms with Crippen molar-refractivity contribution in [3.05, 3.63) is 64.7 Å². The zero-order chi connectivity index (χ0) is 21.1. The lowest BCUT2D eigenvalue weighted by Gasteiger charge is -2.17. The Morgan fingerprint density at radius 2 is 1.90 bits per heavy atom. The van der Waals surface area contributed by atoms with E-state index >= 15 is 0 Å². The Morgan fingerprint density at radius 1 is 1.17 bits per heavy atom. The molecule has 1 fully saturated rings. The Labute approximate surface area is 178 Å². The fourth-order valence-corrected chi connectivity index (χ4v) is 4.35. The molecule has 154 valence electrons. The number of anilines is 2. The number of nitrogens with zero attached hydrogens (tertiary/aromatic N) is 3. The molecule has 2 heterocycles. The molecule has 0 radical (unpaired) electrons. The van der Waals surface area contributed by atoms with Gasteiger partial charge in [-0.05, 0) is 49.2 Å². The normalized spacial score (nSPS) is 16.0. The zero-order valence-corrected chi connectivity index (χ0v) is 17.6. The average molecular weight is 423 g/mol. The van der Waals surface area contributed by atoms with E-state index in [1.54, 1.807) is 17.0 Å². The van der Waals surface area contributed by atoms with E-state index in [2.05, 4.69) is 21.6 Å². The van der Waals surface area contributed by atoms with Crippen molar-refractivity contribution in [3.63, 3.8) is 0 Å². The van der Waals surface area contributed by atoms with Gasteiger partial charge in [0.05, 0.1) is 0 Å². The summed E-state index contributed by atoms with van der Waals surface area (Å²) in [5.41, 5.74) is 3.16. The molecule has 0 aliphatic carbocycles. The van der Waals surface area contributed by atoms with E-state index in [1.807, 2.05) is 44.2 Å². The highest BCUT2D eigenvalue weighted by Crippen LogP contribution is 2.34. The number of hydrogen-bond donors (Lipinski definition) is 1. The zero-order valence-electron chi connectivity index (χ0n) is 16.8. The second-order valence-corrected chi connectivity index (χ2v) is 8.36. The van der Waals surface area contributed by atoms with E-state index in [-0.39, 0.29) is 24.3 Å². The van der Waals surface area contributed by atoms with Crippen molar-refractivity contribution >= 4 is 34.0 Å². The van der Waals surface area contributed by atoms with E-state index in [0.29, 0.717) is 23.8 Å². The van der Waals surface area contributed by atoms with Crippen molar-refractivity contribution in [2.45, 2.75) is 26.2 Å². The summed E-state index contributed by atoms with van der Waals surface area (Å²) >= 11 is 1.30. The van der Waals surface area contributed by atoms with E-state index in [9.17, 15) is 9.59 Å². The molecular formula is C22H22N4O3S. The van der Waals surface area contributed by atoms with Crippen molar-refractivity contribution in [3.8, 4) is 5.75 Å². The van der Waals surface area contributed by atoms with Gasteiger partial charge in [-0.3, -0.25) is 14.9 Å². The van der Waals surface area contributed by atoms with Gasteiger partial charge in [0.15, 0.2) is 6.61 Å². The maximum atomic E-state index is 12.6. The standard InChI is InChI=1S/C22H22N4O3S/c1-14-8-15(2)10-17(9-14)26-12-16(11-20(26)28)21-24-25-22(30-21)23-19(27)13-29-18-6-4-3-5-7-18/h3-10,16H,11-13H2,1-2H3,(H,23,25,27)/t16-/m0/s1. The van der Waals surface area contributed by atoms with Crippen molar-refractivity contribution in [1.82, 2.24) is 10.2 Å². The number of ether oxygens (including phenoxy) is 1. The number of carbonyl (C=O) groups excluding carboxylic acids is 2. The number of aryl methyl sites for hydroxylation is 2. The highest BCUT2D eigenvalue weighted by molar-refractivity contribution is 7.15. The molecule has 3 aromatic rings. The number of carbonyl (C=O) groups is 2. The molecule has 1 aromatic heterocycles. The third-order valence-electron chi connectivity index (χ3n) is 4.79. The number of rotatable bonds is 6. The smallest absolute Gasteiger partial charge is 0.264 e. The van der Waals surface area contributed by atoms with Gasteiger partial charge >= 0.3 is 0 Å². The quantitative estimate of drug-likeness (QED) is 0.655. The minimum Gasteiger partial charge on any atom is -0.484 e. The van der Waals surface area contributed by atoms with E-state index < -0.39 is 0 Å². The predicted octanol–water partition coefficient (Wildman–Crippen LogP) is 3.69. The first-order valence-corrected chi connectivity index (χ1v) is 10.5. The van der Waals surface area contributed by atoms with Crippen LogP contribution in [0.1, 0.15) is 28.5 Å². The van der Waals surface area contributed by atoms with Gasteiger partial charge < -0.3 is 9.64 Å². The van der Waals surface area contributed by atoms with Crippen molar-refractivity contribution in [1.29, 1.82) is 0 Å². The van der Waals surface area contributed by atoms with Crippen LogP contribution in [0, 0.1) is 13.8 Å². The Bertz CT molecular complexity index is 1050. The maximum Gasteiger partial charge on any atom is 0.264 e. The van der Waals surface area contributed by atoms with Crippen molar-refractivity contribution in [2.24, 2.45) is 0 Å². The fraction of sp³-hybridized carbons (Fsp3) is 0.273. The first-order chi connectivity index (χ1) is 14.5. The summed E-state index contributed by atoms with van der Waals surface area (Å²) in [7, 11) is 0. The molecule has 7 nitrogen and oxygen atoms in total. The molecule has 1 saturated heterocycles. The van der Waals surface area contributed by atoms with Crippen LogP contribution in [0.3, 0.4) is 0 Å². The Morgan fingerprint density at radius 3 is 2.63 bits per heavy atom. The number of para-hydroxylation sites is 1. The molecule has 2 amide bonds. The third kappa shape index (κ3) is 4.65. The van der Waals surface area contributed by atoms with Crippen LogP contribution in [0.4, 0.5) is 10.8 Å². The fourth-order valence-electron chi connectivity index (χ4n) is 3.50. The van der Waals surface area contributed by atoms with Gasteiger partial charge in [-0.25, -0.2) is 0 Å². The van der Waals surface area contributed by atoms with E-state index in [1.165, 1.54) is 11.3 Å². The summed E-state index contributed by atoms with van der Waals surface area (Å²) in [4.78, 5) is 26.5. The summed E-state index contributed by atoms with van der Waals surface area (Å²) in [5, 5.41) is 12.1. The maximum absolute atomic E-state index is 12.6. The summed E-state index contributed by atoms with van der Waals surface area (Å²) in [6.07, 6.45) is 0.382. The Kier molecular flexibility index (Phi) is 5.76. The molecule has 1 aliphatic heterocycles. The highest BCUT2D eigenvalue weighted by atomic mass is 32.1. The van der Waals surface area contributed by atoms with E-state index in [4.69, 9.17) is 4.74 Å². The first-order valence-electron chi connectivity index (χ1n) is 9.67. The van der Waals surface area contributed by atoms with Crippen LogP contribution < -0.4 is 15.0 Å². The molecule has 30 heavy (non-hydrogen) atoms. The predicted molar refractivity (Wildman–Crippen MR) is 116 cm³/mol. The van der Waals surface area contributed by atoms with Gasteiger partial charge in [-0.15, -0.1) is 10.2 Å². The molecule has 8 heteroatoms. The Balaban J connectivity index is 1.37. The van der Waals surface area contributed by atoms with Crippen LogP contribution in [0.15, 0.2) is 48.5 Å². The largest absolute Gasteiger partial charge is 0.484 e. The minimum absolute atomic E-state index is 0.0398. The summed E-state index contributed by atoms with van der Waals surface area (Å²) < 4.78 is 5.44. The second kappa shape index (κ2) is 8.62. The molecule has 0 saturated carbocycles. The molecule has 2 aromatic carbocycles. The van der Waals surface area contributed by atoms with Crippen LogP contribution in [-0.2, 0) is 9.59 Å². The van der Waals surface area contributed by atoms with Crippen LogP contribution >= 0.6 is 11.3 Å². The molecule has 1 aliphatic rings. The molecule has 1 atom stereocenters. The van der Waals surface area contributed by atoms with Crippen molar-refractivity contribution < 1.29 is 14.3 Å². The van der Waals surface area contributed by atoms with Crippen LogP contribution in [-0.4, -0.2) is 35.2 Å². The number of amides is 2. The molecular weight excluding hydrogens is 400 g/mol. The number of hydrogen-bond acceptors (Lipinski definition) is 6. The summed E-state index contributed by atoms with van der Waals surface area (Å²) in [5.74, 6) is 0.353. The minimum atomic E-state index is -0.305. The molecule has 0 unspecified atom stereocenters. The molecule has 4 rings (SSSR count). The van der Waals surface area contributed by atoms with E-state index in [0.717, 1.165) is 21.8 Å². The summed E-state index contributed by atoms with van der Waals surface area (Å²) in [6, 6.07) is 15.3. The summed E-state index contributed by atoms with van der Waals surface area (Å²) in [6.45, 7) is 4.49. The topological polar surface area (TPSA) is 84.4 Å². The third-order valence-corrected chi connectivity index (χ3v) is 5.79. The molecule has 0 spiro atoms. The number of benzene rings is 2. The van der Waals surface area contributed by atoms with Gasteiger partial charge in [-0.2, -0.15) is 0 Å². The van der Waals surface area contributed by atoms with Crippen molar-refractivity contribution in [2.75, 3.05) is 23.4 Å². The lowest BCUT2D eigenvalue weighted by atomic mass is 10.1. The van der Waals surface area contributed by atoms with Gasteiger partial charge in [0.2, 0.25) is 11.0 Å². The van der Waals surface area contributed by atoms with Gasteiger partial charge in [0, 0.05) is 24.6 Å². The SMILES string of the molecule is Cc1cc(C)cc(N2C[C@@H](c3nnc(NC(=O)COc4ccccc4)s3)CC2=O)c1. The number of aromatic nitrogens is 2. The molecule has 1 N–H and O–H groups in total. The number of nitrogens with one attached hydrogen (secondary N) is 1. The molecule has 0 bridgehead atoms. The highest BCUT2D eigenvalue weighted by Gasteiger charge is 2.34. The lowest BCUT2D eigenvalue weighted by Crippen LogP contribution is -2.24. The van der Waals surface area contributed by atoms with Crippen LogP contribution in [0.2, 0.25) is 0 Å². The first kappa shape index (κ1) is 20.0. The lowest BCUT2D eigenvalue weighted by molar-refractivity contribution is -0.118.